The van der Waals surface area contributed by atoms with Gasteiger partial charge in [0.2, 0.25) is 0 Å². The predicted molar refractivity (Wildman–Crippen MR) is 202 cm³/mol. The van der Waals surface area contributed by atoms with E-state index in [0.717, 1.165) is 11.3 Å². The van der Waals surface area contributed by atoms with Gasteiger partial charge in [0.05, 0.1) is 17.1 Å². The zero-order valence-corrected chi connectivity index (χ0v) is 33.2. The van der Waals surface area contributed by atoms with E-state index >= 15 is 0 Å². The molecule has 54 heavy (non-hydrogen) atoms. The fourth-order valence-electron chi connectivity index (χ4n) is 3.04. The summed E-state index contributed by atoms with van der Waals surface area (Å²) in [6, 6.07) is -1.16. The first kappa shape index (κ1) is 53.3. The molecule has 10 N–H and O–H groups in total. The van der Waals surface area contributed by atoms with Gasteiger partial charge in [-0.05, 0) is 61.6 Å². The van der Waals surface area contributed by atoms with Gasteiger partial charge in [-0.15, -0.1) is 61.2 Å². The van der Waals surface area contributed by atoms with Crippen LogP contribution in [0, 0.1) is 56.3 Å². The number of H-pyrrole nitrogens is 2. The van der Waals surface area contributed by atoms with E-state index in [4.69, 9.17) is 39.9 Å². The van der Waals surface area contributed by atoms with Crippen LogP contribution >= 0.6 is 24.2 Å². The number of aromatic nitrogens is 6. The van der Waals surface area contributed by atoms with Crippen LogP contribution in [0.15, 0.2) is 0 Å². The number of hydrogen-bond donors (Lipinski definition) is 8. The summed E-state index contributed by atoms with van der Waals surface area (Å²) in [4.78, 5) is 40.8. The van der Waals surface area contributed by atoms with Gasteiger partial charge < -0.3 is 25.8 Å². The molecule has 0 aliphatic carbocycles. The first-order chi connectivity index (χ1) is 24.3. The Morgan fingerprint density at radius 3 is 1.59 bits per heavy atom. The van der Waals surface area contributed by atoms with Crippen LogP contribution in [0.25, 0.3) is 0 Å². The fraction of sp³-hybridized carbons (Fsp3) is 0.562. The second-order valence-electron chi connectivity index (χ2n) is 12.3. The zero-order chi connectivity index (χ0) is 41.6. The molecular formula is C32H50ClF3N12O5S. The molecule has 3 amide bonds. The zero-order valence-electron chi connectivity index (χ0n) is 31.5. The van der Waals surface area contributed by atoms with E-state index in [1.165, 1.54) is 11.8 Å². The Morgan fingerprint density at radius 2 is 1.28 bits per heavy atom. The summed E-state index contributed by atoms with van der Waals surface area (Å²) in [5, 5.41) is 26.4. The predicted octanol–water partition coefficient (Wildman–Crippen LogP) is 4.04. The van der Waals surface area contributed by atoms with Crippen LogP contribution < -0.4 is 27.6 Å². The molecule has 0 aliphatic heterocycles. The molecule has 0 spiro atoms. The van der Waals surface area contributed by atoms with E-state index in [-0.39, 0.29) is 18.4 Å². The highest BCUT2D eigenvalue weighted by atomic mass is 35.5. The van der Waals surface area contributed by atoms with Crippen molar-refractivity contribution in [3.8, 4) is 37.0 Å². The van der Waals surface area contributed by atoms with Gasteiger partial charge in [-0.25, -0.2) is 25.4 Å². The van der Waals surface area contributed by atoms with E-state index in [1.54, 1.807) is 54.7 Å². The third-order valence-electron chi connectivity index (χ3n) is 5.16. The van der Waals surface area contributed by atoms with Crippen molar-refractivity contribution in [1.29, 1.82) is 5.41 Å². The van der Waals surface area contributed by atoms with Crippen LogP contribution in [-0.4, -0.2) is 83.2 Å². The molecule has 0 saturated heterocycles. The van der Waals surface area contributed by atoms with Gasteiger partial charge in [-0.2, -0.15) is 23.4 Å². The number of thioether (sulfide) groups is 1. The molecule has 2 heterocycles. The number of rotatable bonds is 8. The quantitative estimate of drug-likeness (QED) is 0.0469. The normalized spacial score (nSPS) is 12.1. The number of ether oxygens (including phenoxy) is 2. The highest BCUT2D eigenvalue weighted by Crippen LogP contribution is 2.15. The minimum absolute atomic E-state index is 0. The summed E-state index contributed by atoms with van der Waals surface area (Å²) in [5.41, 5.74) is 5.47. The molecule has 22 heteroatoms. The monoisotopic (exact) mass is 806 g/mol. The summed E-state index contributed by atoms with van der Waals surface area (Å²) < 4.78 is 43.1. The lowest BCUT2D eigenvalue weighted by Crippen LogP contribution is -2.42. The first-order valence-electron chi connectivity index (χ1n) is 15.4. The summed E-state index contributed by atoms with van der Waals surface area (Å²) in [6.45, 7) is 14.3. The van der Waals surface area contributed by atoms with Gasteiger partial charge in [-0.1, -0.05) is 0 Å². The maximum Gasteiger partial charge on any atom is 0.472 e. The van der Waals surface area contributed by atoms with Crippen molar-refractivity contribution >= 4 is 47.3 Å². The first-order valence-corrected chi connectivity index (χ1v) is 16.6. The molecule has 2 rings (SSSR count). The number of hydrazine groups is 1. The number of nitrogens with zero attached hydrogens (tertiary/aromatic N) is 4. The molecule has 0 aromatic carbocycles. The number of nitrogens with one attached hydrogen (secondary N) is 6. The molecule has 2 aromatic heterocycles. The van der Waals surface area contributed by atoms with E-state index in [1.807, 2.05) is 6.92 Å². The van der Waals surface area contributed by atoms with Crippen LogP contribution in [0.2, 0.25) is 0 Å². The third-order valence-corrected chi connectivity index (χ3v) is 5.89. The smallest absolute Gasteiger partial charge is 0.444 e. The molecule has 0 unspecified atom stereocenters. The maximum absolute atomic E-state index is 11.7. The summed E-state index contributed by atoms with van der Waals surface area (Å²) in [6.07, 6.45) is 12.4. The largest absolute Gasteiger partial charge is 0.472 e. The molecule has 0 fully saturated rings. The average Bonchev–Trinajstić information content (AvgIpc) is 3.66. The minimum Gasteiger partial charge on any atom is -0.444 e. The van der Waals surface area contributed by atoms with E-state index < -0.39 is 47.6 Å². The van der Waals surface area contributed by atoms with Crippen molar-refractivity contribution in [3.05, 3.63) is 23.3 Å². The second kappa shape index (κ2) is 25.9. The number of halogens is 4. The number of carbonyl (C=O) groups is 3. The Bertz CT molecular complexity index is 1590. The van der Waals surface area contributed by atoms with Gasteiger partial charge in [0.1, 0.15) is 28.9 Å². The van der Waals surface area contributed by atoms with Gasteiger partial charge in [0.25, 0.3) is 0 Å². The Morgan fingerprint density at radius 1 is 0.852 bits per heavy atom. The van der Waals surface area contributed by atoms with Crippen molar-refractivity contribution in [2.75, 3.05) is 6.26 Å². The Hall–Kier alpha value is -5.01. The highest BCUT2D eigenvalue weighted by Gasteiger charge is 2.37. The lowest BCUT2D eigenvalue weighted by molar-refractivity contribution is -0.173. The minimum atomic E-state index is -4.87. The standard InChI is InChI=1S/C12H18N4O2.C11H18N2O2S.C7H10N4.C2H3F3N2O.ClH/c1-6-7-9(10-13-8(2)15-16-10)14-11(17)18-12(3,4)5;1-6-7-8(9(12)16-5)13-10(14)15-11(2,3)4;1-3-4-6(8)7-9-5(2)10-11-7;3-2(4,5)1(8)7-6;/h1,9H,7H2,2-5H3,(H,14,17)(H,13,15,16);1,8,12H,7H2,2-5H3,(H,13,14);1,6H,4,8H2,2H3,(H,9,10,11);6H2,(H,7,8);1H/t9-;8-;6-;;/m000../s1. The number of alkyl halides is 3. The van der Waals surface area contributed by atoms with Crippen LogP contribution in [0.1, 0.15) is 96.2 Å². The molecule has 2 aromatic rings. The number of aryl methyl sites for hydroxylation is 2. The Kier molecular flexibility index (Phi) is 25.6. The van der Waals surface area contributed by atoms with Crippen molar-refractivity contribution in [1.82, 2.24) is 46.4 Å². The summed E-state index contributed by atoms with van der Waals surface area (Å²) >= 11 is 1.25. The van der Waals surface area contributed by atoms with Crippen molar-refractivity contribution in [3.63, 3.8) is 0 Å². The average molecular weight is 807 g/mol. The summed E-state index contributed by atoms with van der Waals surface area (Å²) in [5.74, 6) is 11.8. The molecule has 0 bridgehead atoms. The summed E-state index contributed by atoms with van der Waals surface area (Å²) in [7, 11) is 0. The second-order valence-corrected chi connectivity index (χ2v) is 13.2. The van der Waals surface area contributed by atoms with Crippen molar-refractivity contribution in [2.45, 2.75) is 110 Å². The van der Waals surface area contributed by atoms with Crippen LogP contribution in [0.4, 0.5) is 22.8 Å². The Balaban J connectivity index is -0.000000664. The topological polar surface area (TPSA) is 265 Å². The van der Waals surface area contributed by atoms with Crippen LogP contribution in [0.5, 0.6) is 0 Å². The number of nitrogens with two attached hydrogens (primary N) is 2. The van der Waals surface area contributed by atoms with E-state index in [2.05, 4.69) is 64.6 Å². The lowest BCUT2D eigenvalue weighted by Gasteiger charge is -2.22. The van der Waals surface area contributed by atoms with Gasteiger partial charge in [0.15, 0.2) is 11.6 Å². The highest BCUT2D eigenvalue weighted by molar-refractivity contribution is 8.13. The lowest BCUT2D eigenvalue weighted by atomic mass is 10.2. The number of amides is 3. The van der Waals surface area contributed by atoms with Gasteiger partial charge in [-0.3, -0.25) is 25.8 Å². The molecule has 3 atom stereocenters. The van der Waals surface area contributed by atoms with Crippen molar-refractivity contribution < 1.29 is 37.0 Å². The van der Waals surface area contributed by atoms with Crippen LogP contribution in [0.3, 0.4) is 0 Å². The third kappa shape index (κ3) is 25.9. The molecule has 0 radical (unpaired) electrons. The SMILES string of the molecule is C#CC[C@H](N)c1n[nH]c(C)n1.C#CC[C@H](NC(=O)OC(C)(C)C)C(=N)SC.C#CC[C@H](NC(=O)OC(C)(C)C)c1n[nH]c(C)n1.Cl.NNC(=O)C(F)(F)F. The number of aromatic amines is 2. The van der Waals surface area contributed by atoms with Crippen LogP contribution in [-0.2, 0) is 14.3 Å². The number of alkyl carbamates (subject to hydrolysis) is 2. The van der Waals surface area contributed by atoms with Gasteiger partial charge in [0, 0.05) is 19.3 Å². The van der Waals surface area contributed by atoms with E-state index in [9.17, 15) is 27.6 Å². The molecule has 0 aliphatic rings. The number of carbonyl (C=O) groups excluding carboxylic acids is 3. The maximum atomic E-state index is 11.7. The van der Waals surface area contributed by atoms with Crippen molar-refractivity contribution in [2.24, 2.45) is 11.6 Å². The van der Waals surface area contributed by atoms with E-state index in [0.29, 0.717) is 41.8 Å². The molecule has 17 nitrogen and oxygen atoms in total. The van der Waals surface area contributed by atoms with Gasteiger partial charge >= 0.3 is 24.3 Å². The fourth-order valence-corrected chi connectivity index (χ4v) is 3.46. The molecule has 302 valence electrons. The Labute approximate surface area is 323 Å². The molecule has 0 saturated carbocycles. The number of terminal acetylenes is 3. The molecular weight excluding hydrogens is 757 g/mol. The number of hydrogen-bond acceptors (Lipinski definition) is 13.